The highest BCUT2D eigenvalue weighted by Crippen LogP contribution is 2.22. The SMILES string of the molecule is CCCCCCCOCC(C)(CC)COC(=O)CCC(=O)NC. The van der Waals surface area contributed by atoms with Crippen LogP contribution in [0.2, 0.25) is 0 Å². The second-order valence-electron chi connectivity index (χ2n) is 6.46. The van der Waals surface area contributed by atoms with Crippen LogP contribution in [0.15, 0.2) is 0 Å². The van der Waals surface area contributed by atoms with Gasteiger partial charge in [-0.05, 0) is 12.8 Å². The molecule has 0 aromatic rings. The van der Waals surface area contributed by atoms with Crippen molar-refractivity contribution in [2.75, 3.05) is 26.9 Å². The summed E-state index contributed by atoms with van der Waals surface area (Å²) in [6.07, 6.45) is 7.29. The van der Waals surface area contributed by atoms with Gasteiger partial charge in [-0.3, -0.25) is 9.59 Å². The third-order valence-corrected chi connectivity index (χ3v) is 4.11. The van der Waals surface area contributed by atoms with Crippen LogP contribution >= 0.6 is 0 Å². The molecule has 1 atom stereocenters. The van der Waals surface area contributed by atoms with Crippen molar-refractivity contribution in [1.82, 2.24) is 5.32 Å². The molecule has 0 radical (unpaired) electrons. The highest BCUT2D eigenvalue weighted by Gasteiger charge is 2.24. The van der Waals surface area contributed by atoms with Crippen molar-refractivity contribution in [2.24, 2.45) is 5.41 Å². The van der Waals surface area contributed by atoms with Crippen LogP contribution in [-0.2, 0) is 19.1 Å². The molecule has 0 aromatic heterocycles. The lowest BCUT2D eigenvalue weighted by atomic mass is 9.90. The van der Waals surface area contributed by atoms with Gasteiger partial charge in [0.15, 0.2) is 0 Å². The first kappa shape index (κ1) is 21.9. The number of amides is 1. The zero-order valence-electron chi connectivity index (χ0n) is 15.4. The molecule has 0 bridgehead atoms. The Bertz CT molecular complexity index is 333. The number of rotatable bonds is 14. The zero-order valence-corrected chi connectivity index (χ0v) is 15.4. The van der Waals surface area contributed by atoms with Crippen molar-refractivity contribution >= 4 is 11.9 Å². The van der Waals surface area contributed by atoms with Gasteiger partial charge in [-0.1, -0.05) is 46.5 Å². The Labute approximate surface area is 141 Å². The number of ether oxygens (including phenoxy) is 2. The lowest BCUT2D eigenvalue weighted by Gasteiger charge is -2.27. The van der Waals surface area contributed by atoms with Gasteiger partial charge in [0.2, 0.25) is 5.91 Å². The topological polar surface area (TPSA) is 64.6 Å². The molecular weight excluding hydrogens is 294 g/mol. The number of esters is 1. The van der Waals surface area contributed by atoms with E-state index in [9.17, 15) is 9.59 Å². The lowest BCUT2D eigenvalue weighted by molar-refractivity contribution is -0.149. The first-order chi connectivity index (χ1) is 11.0. The van der Waals surface area contributed by atoms with E-state index in [1.165, 1.54) is 25.7 Å². The van der Waals surface area contributed by atoms with Crippen LogP contribution in [0.3, 0.4) is 0 Å². The Morgan fingerprint density at radius 1 is 1.00 bits per heavy atom. The summed E-state index contributed by atoms with van der Waals surface area (Å²) in [6, 6.07) is 0. The zero-order chi connectivity index (χ0) is 17.6. The van der Waals surface area contributed by atoms with Crippen LogP contribution in [0.25, 0.3) is 0 Å². The molecule has 0 aliphatic rings. The summed E-state index contributed by atoms with van der Waals surface area (Å²) < 4.78 is 11.1. The molecule has 1 N–H and O–H groups in total. The van der Waals surface area contributed by atoms with Crippen molar-refractivity contribution < 1.29 is 19.1 Å². The van der Waals surface area contributed by atoms with Crippen LogP contribution in [0.5, 0.6) is 0 Å². The Hall–Kier alpha value is -1.10. The summed E-state index contributed by atoms with van der Waals surface area (Å²) in [6.45, 7) is 8.05. The van der Waals surface area contributed by atoms with E-state index in [0.717, 1.165) is 19.4 Å². The highest BCUT2D eigenvalue weighted by molar-refractivity contribution is 5.80. The summed E-state index contributed by atoms with van der Waals surface area (Å²) >= 11 is 0. The Morgan fingerprint density at radius 3 is 2.30 bits per heavy atom. The molecule has 0 aliphatic heterocycles. The van der Waals surface area contributed by atoms with E-state index in [0.29, 0.717) is 13.2 Å². The predicted molar refractivity (Wildman–Crippen MR) is 92.2 cm³/mol. The van der Waals surface area contributed by atoms with Gasteiger partial charge in [0, 0.05) is 25.5 Å². The van der Waals surface area contributed by atoms with Crippen LogP contribution in [0, 0.1) is 5.41 Å². The molecule has 0 rings (SSSR count). The molecule has 0 fully saturated rings. The molecular formula is C18H35NO4. The normalized spacial score (nSPS) is 13.4. The molecule has 0 spiro atoms. The first-order valence-electron chi connectivity index (χ1n) is 8.91. The first-order valence-corrected chi connectivity index (χ1v) is 8.91. The summed E-state index contributed by atoms with van der Waals surface area (Å²) in [5, 5.41) is 2.49. The van der Waals surface area contributed by atoms with E-state index in [1.54, 1.807) is 7.05 Å². The molecule has 23 heavy (non-hydrogen) atoms. The van der Waals surface area contributed by atoms with E-state index in [4.69, 9.17) is 9.47 Å². The fourth-order valence-corrected chi connectivity index (χ4v) is 2.04. The van der Waals surface area contributed by atoms with Gasteiger partial charge in [0.1, 0.15) is 0 Å². The minimum atomic E-state index is -0.326. The van der Waals surface area contributed by atoms with Crippen LogP contribution in [0.1, 0.15) is 72.1 Å². The highest BCUT2D eigenvalue weighted by atomic mass is 16.5. The second-order valence-corrected chi connectivity index (χ2v) is 6.46. The second kappa shape index (κ2) is 13.3. The van der Waals surface area contributed by atoms with Crippen molar-refractivity contribution in [2.45, 2.75) is 72.1 Å². The number of carbonyl (C=O) groups is 2. The fraction of sp³-hybridized carbons (Fsp3) is 0.889. The monoisotopic (exact) mass is 329 g/mol. The standard InChI is InChI=1S/C18H35NO4/c1-5-7-8-9-10-13-22-14-18(3,6-2)15-23-17(21)12-11-16(20)19-4/h5-15H2,1-4H3,(H,19,20). The maximum atomic E-state index is 11.7. The predicted octanol–water partition coefficient (Wildman–Crippen LogP) is 3.46. The number of nitrogens with one attached hydrogen (secondary N) is 1. The molecule has 0 saturated carbocycles. The molecule has 5 nitrogen and oxygen atoms in total. The van der Waals surface area contributed by atoms with E-state index < -0.39 is 0 Å². The quantitative estimate of drug-likeness (QED) is 0.391. The summed E-state index contributed by atoms with van der Waals surface area (Å²) in [7, 11) is 1.56. The minimum absolute atomic E-state index is 0.123. The van der Waals surface area contributed by atoms with E-state index in [1.807, 2.05) is 0 Å². The van der Waals surface area contributed by atoms with Gasteiger partial charge in [-0.15, -0.1) is 0 Å². The molecule has 1 unspecified atom stereocenters. The van der Waals surface area contributed by atoms with Gasteiger partial charge in [-0.25, -0.2) is 0 Å². The van der Waals surface area contributed by atoms with Gasteiger partial charge >= 0.3 is 5.97 Å². The number of unbranched alkanes of at least 4 members (excludes halogenated alkanes) is 4. The molecule has 0 aromatic carbocycles. The summed E-state index contributed by atoms with van der Waals surface area (Å²) in [5.41, 5.74) is -0.161. The van der Waals surface area contributed by atoms with Crippen molar-refractivity contribution in [3.05, 3.63) is 0 Å². The summed E-state index contributed by atoms with van der Waals surface area (Å²) in [4.78, 5) is 22.8. The molecule has 0 saturated heterocycles. The number of hydrogen-bond acceptors (Lipinski definition) is 4. The van der Waals surface area contributed by atoms with Crippen molar-refractivity contribution in [3.63, 3.8) is 0 Å². The van der Waals surface area contributed by atoms with E-state index in [-0.39, 0.29) is 30.1 Å². The van der Waals surface area contributed by atoms with Gasteiger partial charge in [0.25, 0.3) is 0 Å². The average molecular weight is 329 g/mol. The maximum Gasteiger partial charge on any atom is 0.306 e. The summed E-state index contributed by atoms with van der Waals surface area (Å²) in [5.74, 6) is -0.473. The largest absolute Gasteiger partial charge is 0.465 e. The van der Waals surface area contributed by atoms with Crippen LogP contribution in [0.4, 0.5) is 0 Å². The van der Waals surface area contributed by atoms with E-state index >= 15 is 0 Å². The lowest BCUT2D eigenvalue weighted by Crippen LogP contribution is -2.30. The molecule has 1 amide bonds. The number of carbonyl (C=O) groups excluding carboxylic acids is 2. The number of hydrogen-bond donors (Lipinski definition) is 1. The van der Waals surface area contributed by atoms with E-state index in [2.05, 4.69) is 26.1 Å². The molecule has 5 heteroatoms. The van der Waals surface area contributed by atoms with Crippen molar-refractivity contribution in [1.29, 1.82) is 0 Å². The Kier molecular flexibility index (Phi) is 12.7. The molecule has 136 valence electrons. The average Bonchev–Trinajstić information content (AvgIpc) is 2.57. The Morgan fingerprint density at radius 2 is 1.70 bits per heavy atom. The molecule has 0 aliphatic carbocycles. The smallest absolute Gasteiger partial charge is 0.306 e. The van der Waals surface area contributed by atoms with Gasteiger partial charge in [0.05, 0.1) is 19.6 Å². The van der Waals surface area contributed by atoms with Crippen LogP contribution < -0.4 is 5.32 Å². The third kappa shape index (κ3) is 12.0. The van der Waals surface area contributed by atoms with Gasteiger partial charge in [-0.2, -0.15) is 0 Å². The minimum Gasteiger partial charge on any atom is -0.465 e. The van der Waals surface area contributed by atoms with Crippen LogP contribution in [-0.4, -0.2) is 38.7 Å². The maximum absolute atomic E-state index is 11.7. The van der Waals surface area contributed by atoms with Crippen molar-refractivity contribution in [3.8, 4) is 0 Å². The molecule has 0 heterocycles. The third-order valence-electron chi connectivity index (χ3n) is 4.11. The Balaban J connectivity index is 3.86. The fourth-order valence-electron chi connectivity index (χ4n) is 2.04. The van der Waals surface area contributed by atoms with Gasteiger partial charge < -0.3 is 14.8 Å².